The van der Waals surface area contributed by atoms with Crippen molar-refractivity contribution in [2.45, 2.75) is 6.54 Å². The highest BCUT2D eigenvalue weighted by molar-refractivity contribution is 9.09. The number of aromatic amines is 1. The Labute approximate surface area is 72.5 Å². The van der Waals surface area contributed by atoms with Crippen LogP contribution in [-0.2, 0) is 11.3 Å². The number of hydrogen-bond donors (Lipinski definition) is 2. The van der Waals surface area contributed by atoms with Crippen LogP contribution in [0.25, 0.3) is 0 Å². The van der Waals surface area contributed by atoms with Crippen molar-refractivity contribution in [3.63, 3.8) is 0 Å². The maximum absolute atomic E-state index is 10.7. The number of nitrogens with zero attached hydrogens (tertiary/aromatic N) is 1. The number of hydrogen-bond acceptors (Lipinski definition) is 2. The Morgan fingerprint density at radius 3 is 3.18 bits per heavy atom. The number of imidazole rings is 1. The number of amides is 1. The van der Waals surface area contributed by atoms with E-state index in [9.17, 15) is 4.79 Å². The van der Waals surface area contributed by atoms with Gasteiger partial charge in [-0.2, -0.15) is 0 Å². The van der Waals surface area contributed by atoms with Crippen molar-refractivity contribution >= 4 is 21.8 Å². The molecule has 0 saturated heterocycles. The minimum atomic E-state index is -0.0281. The number of carbonyl (C=O) groups excluding carboxylic acids is 1. The van der Waals surface area contributed by atoms with Crippen LogP contribution in [0.3, 0.4) is 0 Å². The summed E-state index contributed by atoms with van der Waals surface area (Å²) in [6.07, 6.45) is 3.25. The molecule has 0 aliphatic rings. The lowest BCUT2D eigenvalue weighted by Crippen LogP contribution is -2.23. The van der Waals surface area contributed by atoms with E-state index in [0.717, 1.165) is 5.69 Å². The van der Waals surface area contributed by atoms with Gasteiger partial charge in [0, 0.05) is 6.20 Å². The first-order chi connectivity index (χ1) is 5.33. The molecule has 0 aliphatic heterocycles. The molecule has 0 aliphatic carbocycles. The monoisotopic (exact) mass is 217 g/mol. The summed E-state index contributed by atoms with van der Waals surface area (Å²) < 4.78 is 0. The Morgan fingerprint density at radius 2 is 2.64 bits per heavy atom. The first-order valence-electron chi connectivity index (χ1n) is 3.13. The van der Waals surface area contributed by atoms with Crippen molar-refractivity contribution in [3.05, 3.63) is 18.2 Å². The molecule has 1 aromatic rings. The molecule has 0 atom stereocenters. The van der Waals surface area contributed by atoms with E-state index >= 15 is 0 Å². The van der Waals surface area contributed by atoms with Crippen LogP contribution >= 0.6 is 15.9 Å². The van der Waals surface area contributed by atoms with Gasteiger partial charge in [-0.05, 0) is 0 Å². The zero-order chi connectivity index (χ0) is 8.10. The van der Waals surface area contributed by atoms with Gasteiger partial charge < -0.3 is 10.3 Å². The van der Waals surface area contributed by atoms with E-state index in [2.05, 4.69) is 31.2 Å². The first-order valence-corrected chi connectivity index (χ1v) is 4.25. The van der Waals surface area contributed by atoms with Crippen molar-refractivity contribution in [2.75, 3.05) is 5.33 Å². The predicted molar refractivity (Wildman–Crippen MR) is 44.2 cm³/mol. The molecule has 0 bridgehead atoms. The van der Waals surface area contributed by atoms with Crippen LogP contribution in [0.1, 0.15) is 5.69 Å². The molecular weight excluding hydrogens is 210 g/mol. The van der Waals surface area contributed by atoms with Gasteiger partial charge in [0.15, 0.2) is 0 Å². The Morgan fingerprint density at radius 1 is 1.82 bits per heavy atom. The van der Waals surface area contributed by atoms with Crippen molar-refractivity contribution in [3.8, 4) is 0 Å². The highest BCUT2D eigenvalue weighted by Gasteiger charge is 1.97. The van der Waals surface area contributed by atoms with Crippen LogP contribution in [0.5, 0.6) is 0 Å². The Balaban J connectivity index is 2.29. The second kappa shape index (κ2) is 4.12. The quantitative estimate of drug-likeness (QED) is 0.722. The minimum Gasteiger partial charge on any atom is -0.350 e. The standard InChI is InChI=1S/C6H8BrN3O/c7-1-6(11)9-3-5-2-8-4-10-5/h2,4H,1,3H2,(H,8,10)(H,9,11). The fraction of sp³-hybridized carbons (Fsp3) is 0.333. The topological polar surface area (TPSA) is 57.8 Å². The van der Waals surface area contributed by atoms with Crippen LogP contribution in [-0.4, -0.2) is 21.2 Å². The third-order valence-electron chi connectivity index (χ3n) is 1.15. The molecule has 0 saturated carbocycles. The summed E-state index contributed by atoms with van der Waals surface area (Å²) in [6.45, 7) is 0.504. The van der Waals surface area contributed by atoms with Gasteiger partial charge in [-0.1, -0.05) is 15.9 Å². The Kier molecular flexibility index (Phi) is 3.10. The van der Waals surface area contributed by atoms with Crippen molar-refractivity contribution in [1.29, 1.82) is 0 Å². The van der Waals surface area contributed by atoms with Crippen LogP contribution in [0.2, 0.25) is 0 Å². The van der Waals surface area contributed by atoms with E-state index in [1.807, 2.05) is 0 Å². The van der Waals surface area contributed by atoms with Crippen LogP contribution < -0.4 is 5.32 Å². The summed E-state index contributed by atoms with van der Waals surface area (Å²) in [5.41, 5.74) is 0.902. The van der Waals surface area contributed by atoms with Crippen LogP contribution in [0, 0.1) is 0 Å². The lowest BCUT2D eigenvalue weighted by Gasteiger charge is -1.98. The van der Waals surface area contributed by atoms with Gasteiger partial charge >= 0.3 is 0 Å². The average molecular weight is 218 g/mol. The van der Waals surface area contributed by atoms with Gasteiger partial charge in [-0.15, -0.1) is 0 Å². The van der Waals surface area contributed by atoms with E-state index < -0.39 is 0 Å². The third-order valence-corrected chi connectivity index (χ3v) is 1.66. The van der Waals surface area contributed by atoms with Gasteiger partial charge in [-0.3, -0.25) is 4.79 Å². The molecule has 0 fully saturated rings. The lowest BCUT2D eigenvalue weighted by atomic mass is 10.5. The zero-order valence-corrected chi connectivity index (χ0v) is 7.39. The van der Waals surface area contributed by atoms with E-state index in [4.69, 9.17) is 0 Å². The number of halogens is 1. The second-order valence-electron chi connectivity index (χ2n) is 1.99. The molecule has 1 rings (SSSR count). The Hall–Kier alpha value is -0.840. The molecule has 1 amide bonds. The predicted octanol–water partition coefficient (Wildman–Crippen LogP) is 0.421. The Bertz CT molecular complexity index is 222. The van der Waals surface area contributed by atoms with E-state index in [1.165, 1.54) is 0 Å². The summed E-state index contributed by atoms with van der Waals surface area (Å²) in [4.78, 5) is 17.4. The number of H-pyrrole nitrogens is 1. The summed E-state index contributed by atoms with van der Waals surface area (Å²) in [7, 11) is 0. The number of carbonyl (C=O) groups is 1. The molecule has 1 heterocycles. The van der Waals surface area contributed by atoms with Crippen LogP contribution in [0.15, 0.2) is 12.5 Å². The van der Waals surface area contributed by atoms with Crippen LogP contribution in [0.4, 0.5) is 0 Å². The van der Waals surface area contributed by atoms with Gasteiger partial charge in [0.2, 0.25) is 5.91 Å². The molecule has 1 aromatic heterocycles. The maximum atomic E-state index is 10.7. The normalized spacial score (nSPS) is 9.55. The summed E-state index contributed by atoms with van der Waals surface area (Å²) in [6, 6.07) is 0. The van der Waals surface area contributed by atoms with Crippen molar-refractivity contribution in [2.24, 2.45) is 0 Å². The average Bonchev–Trinajstić information content (AvgIpc) is 2.52. The maximum Gasteiger partial charge on any atom is 0.230 e. The molecule has 2 N–H and O–H groups in total. The molecular formula is C6H8BrN3O. The van der Waals surface area contributed by atoms with Gasteiger partial charge in [-0.25, -0.2) is 4.98 Å². The second-order valence-corrected chi connectivity index (χ2v) is 2.55. The highest BCUT2D eigenvalue weighted by atomic mass is 79.9. The smallest absolute Gasteiger partial charge is 0.230 e. The summed E-state index contributed by atoms with van der Waals surface area (Å²) in [5, 5.41) is 3.01. The molecule has 5 heteroatoms. The molecule has 0 unspecified atom stereocenters. The summed E-state index contributed by atoms with van der Waals surface area (Å²) in [5.74, 6) is -0.0281. The molecule has 60 valence electrons. The largest absolute Gasteiger partial charge is 0.350 e. The first kappa shape index (κ1) is 8.26. The minimum absolute atomic E-state index is 0.0281. The third kappa shape index (κ3) is 2.71. The molecule has 0 aromatic carbocycles. The molecule has 11 heavy (non-hydrogen) atoms. The summed E-state index contributed by atoms with van der Waals surface area (Å²) >= 11 is 3.04. The number of alkyl halides is 1. The SMILES string of the molecule is O=C(CBr)NCc1cnc[nH]1. The van der Waals surface area contributed by atoms with Gasteiger partial charge in [0.05, 0.1) is 23.9 Å². The van der Waals surface area contributed by atoms with E-state index in [-0.39, 0.29) is 5.91 Å². The molecule has 0 radical (unpaired) electrons. The lowest BCUT2D eigenvalue weighted by molar-refractivity contribution is -0.118. The van der Waals surface area contributed by atoms with Gasteiger partial charge in [0.1, 0.15) is 0 Å². The number of aromatic nitrogens is 2. The van der Waals surface area contributed by atoms with Gasteiger partial charge in [0.25, 0.3) is 0 Å². The van der Waals surface area contributed by atoms with E-state index in [0.29, 0.717) is 11.9 Å². The van der Waals surface area contributed by atoms with E-state index in [1.54, 1.807) is 12.5 Å². The molecule has 4 nitrogen and oxygen atoms in total. The highest BCUT2D eigenvalue weighted by Crippen LogP contribution is 1.89. The fourth-order valence-corrected chi connectivity index (χ4v) is 0.821. The fourth-order valence-electron chi connectivity index (χ4n) is 0.622. The van der Waals surface area contributed by atoms with Crippen molar-refractivity contribution in [1.82, 2.24) is 15.3 Å². The van der Waals surface area contributed by atoms with Crippen molar-refractivity contribution < 1.29 is 4.79 Å². The number of rotatable bonds is 3. The molecule has 0 spiro atoms. The number of nitrogens with one attached hydrogen (secondary N) is 2. The zero-order valence-electron chi connectivity index (χ0n) is 5.80.